The van der Waals surface area contributed by atoms with E-state index in [2.05, 4.69) is 36.2 Å². The molecule has 0 aliphatic carbocycles. The first-order chi connectivity index (χ1) is 9.11. The second kappa shape index (κ2) is 5.70. The van der Waals surface area contributed by atoms with E-state index in [1.54, 1.807) is 6.20 Å². The van der Waals surface area contributed by atoms with Gasteiger partial charge in [-0.2, -0.15) is 0 Å². The number of allylic oxidation sites excluding steroid dienone is 2. The quantitative estimate of drug-likeness (QED) is 0.800. The van der Waals surface area contributed by atoms with Crippen molar-refractivity contribution in [1.82, 2.24) is 4.98 Å². The summed E-state index contributed by atoms with van der Waals surface area (Å²) in [5, 5.41) is 9.82. The van der Waals surface area contributed by atoms with Gasteiger partial charge in [-0.1, -0.05) is 36.8 Å². The van der Waals surface area contributed by atoms with Crippen molar-refractivity contribution in [3.63, 3.8) is 0 Å². The van der Waals surface area contributed by atoms with Crippen molar-refractivity contribution in [3.05, 3.63) is 59.6 Å². The van der Waals surface area contributed by atoms with E-state index in [4.69, 9.17) is 0 Å². The average Bonchev–Trinajstić information content (AvgIpc) is 2.46. The fourth-order valence-corrected chi connectivity index (χ4v) is 1.97. The van der Waals surface area contributed by atoms with Gasteiger partial charge in [-0.05, 0) is 37.1 Å². The Kier molecular flexibility index (Phi) is 4.00. The fraction of sp³-hybridized carbons (Fsp3) is 0.235. The second-order valence-electron chi connectivity index (χ2n) is 4.72. The smallest absolute Gasteiger partial charge is 0.0970 e. The number of pyridine rings is 1. The van der Waals surface area contributed by atoms with E-state index >= 15 is 0 Å². The maximum Gasteiger partial charge on any atom is 0.0970 e. The first-order valence-electron chi connectivity index (χ1n) is 6.54. The first kappa shape index (κ1) is 13.3. The van der Waals surface area contributed by atoms with Crippen molar-refractivity contribution in [2.24, 2.45) is 0 Å². The van der Waals surface area contributed by atoms with Gasteiger partial charge in [0.1, 0.15) is 0 Å². The van der Waals surface area contributed by atoms with Crippen LogP contribution in [0.4, 0.5) is 0 Å². The van der Waals surface area contributed by atoms with Gasteiger partial charge in [0.05, 0.1) is 11.5 Å². The molecule has 1 N–H and O–H groups in total. The molecular formula is C17H19NO. The molecule has 19 heavy (non-hydrogen) atoms. The summed E-state index contributed by atoms with van der Waals surface area (Å²) in [5.41, 5.74) is 5.21. The maximum atomic E-state index is 9.82. The summed E-state index contributed by atoms with van der Waals surface area (Å²) in [7, 11) is 0. The third-order valence-corrected chi connectivity index (χ3v) is 3.30. The Bertz CT molecular complexity index is 597. The van der Waals surface area contributed by atoms with Crippen molar-refractivity contribution in [2.75, 3.05) is 0 Å². The SMILES string of the molecule is CC/C(O)=C(\C)c1cc(-c2ccc(C)cc2)ccn1. The Hall–Kier alpha value is -2.09. The van der Waals surface area contributed by atoms with Gasteiger partial charge < -0.3 is 5.11 Å². The van der Waals surface area contributed by atoms with Crippen LogP contribution < -0.4 is 0 Å². The number of aliphatic hydroxyl groups excluding tert-OH is 1. The van der Waals surface area contributed by atoms with E-state index < -0.39 is 0 Å². The standard InChI is InChI=1S/C17H19NO/c1-4-17(19)13(3)16-11-15(9-10-18-16)14-7-5-12(2)6-8-14/h5-11,19H,4H2,1-3H3/b17-13-. The molecule has 0 atom stereocenters. The third-order valence-electron chi connectivity index (χ3n) is 3.30. The van der Waals surface area contributed by atoms with Crippen molar-refractivity contribution in [2.45, 2.75) is 27.2 Å². The predicted molar refractivity (Wildman–Crippen MR) is 79.9 cm³/mol. The lowest BCUT2D eigenvalue weighted by Gasteiger charge is -2.07. The van der Waals surface area contributed by atoms with Gasteiger partial charge >= 0.3 is 0 Å². The minimum atomic E-state index is 0.397. The molecule has 2 heteroatoms. The highest BCUT2D eigenvalue weighted by Crippen LogP contribution is 2.24. The molecule has 2 rings (SSSR count). The monoisotopic (exact) mass is 253 g/mol. The fourth-order valence-electron chi connectivity index (χ4n) is 1.97. The van der Waals surface area contributed by atoms with Gasteiger partial charge in [0.2, 0.25) is 0 Å². The van der Waals surface area contributed by atoms with Crippen molar-refractivity contribution in [1.29, 1.82) is 0 Å². The highest BCUT2D eigenvalue weighted by Gasteiger charge is 2.05. The lowest BCUT2D eigenvalue weighted by Crippen LogP contribution is -1.91. The zero-order valence-corrected chi connectivity index (χ0v) is 11.6. The van der Waals surface area contributed by atoms with Crippen LogP contribution in [0, 0.1) is 6.92 Å². The van der Waals surface area contributed by atoms with E-state index in [0.29, 0.717) is 12.2 Å². The molecule has 0 bridgehead atoms. The van der Waals surface area contributed by atoms with Crippen molar-refractivity contribution >= 4 is 5.57 Å². The van der Waals surface area contributed by atoms with E-state index in [1.165, 1.54) is 5.56 Å². The van der Waals surface area contributed by atoms with Gasteiger partial charge in [-0.25, -0.2) is 0 Å². The van der Waals surface area contributed by atoms with Crippen LogP contribution in [0.2, 0.25) is 0 Å². The average molecular weight is 253 g/mol. The van der Waals surface area contributed by atoms with Crippen LogP contribution in [0.5, 0.6) is 0 Å². The molecule has 0 amide bonds. The molecule has 0 spiro atoms. The number of hydrogen-bond donors (Lipinski definition) is 1. The Balaban J connectivity index is 2.42. The van der Waals surface area contributed by atoms with E-state index in [9.17, 15) is 5.11 Å². The molecule has 1 aromatic carbocycles. The molecule has 1 heterocycles. The number of aryl methyl sites for hydroxylation is 1. The van der Waals surface area contributed by atoms with Crippen LogP contribution in [0.1, 0.15) is 31.5 Å². The molecule has 2 nitrogen and oxygen atoms in total. The van der Waals surface area contributed by atoms with E-state index in [0.717, 1.165) is 22.4 Å². The summed E-state index contributed by atoms with van der Waals surface area (Å²) in [6.45, 7) is 5.91. The molecule has 0 fully saturated rings. The highest BCUT2D eigenvalue weighted by atomic mass is 16.3. The summed E-state index contributed by atoms with van der Waals surface area (Å²) >= 11 is 0. The molecule has 0 aliphatic rings. The highest BCUT2D eigenvalue weighted by molar-refractivity contribution is 5.70. The summed E-state index contributed by atoms with van der Waals surface area (Å²) in [6.07, 6.45) is 2.42. The van der Waals surface area contributed by atoms with Crippen LogP contribution in [0.3, 0.4) is 0 Å². The zero-order chi connectivity index (χ0) is 13.8. The molecule has 0 aliphatic heterocycles. The number of benzene rings is 1. The van der Waals surface area contributed by atoms with Gasteiger partial charge in [-0.3, -0.25) is 4.98 Å². The minimum Gasteiger partial charge on any atom is -0.512 e. The van der Waals surface area contributed by atoms with Gasteiger partial charge in [0, 0.05) is 18.2 Å². The molecule has 0 radical (unpaired) electrons. The van der Waals surface area contributed by atoms with Gasteiger partial charge in [-0.15, -0.1) is 0 Å². The Morgan fingerprint density at radius 2 is 1.79 bits per heavy atom. The molecule has 1 aromatic heterocycles. The molecule has 98 valence electrons. The van der Waals surface area contributed by atoms with Crippen LogP contribution in [-0.4, -0.2) is 10.1 Å². The van der Waals surface area contributed by atoms with Gasteiger partial charge in [0.25, 0.3) is 0 Å². The first-order valence-corrected chi connectivity index (χ1v) is 6.54. The Morgan fingerprint density at radius 1 is 1.11 bits per heavy atom. The second-order valence-corrected chi connectivity index (χ2v) is 4.72. The number of nitrogens with zero attached hydrogens (tertiary/aromatic N) is 1. The molecule has 2 aromatic rings. The van der Waals surface area contributed by atoms with Crippen molar-refractivity contribution < 1.29 is 5.11 Å². The number of hydrogen-bond acceptors (Lipinski definition) is 2. The summed E-state index contributed by atoms with van der Waals surface area (Å²) in [5.74, 6) is 0.397. The van der Waals surface area contributed by atoms with Crippen LogP contribution in [0.15, 0.2) is 48.4 Å². The normalized spacial score (nSPS) is 12.2. The maximum absolute atomic E-state index is 9.82. The van der Waals surface area contributed by atoms with Crippen LogP contribution in [0.25, 0.3) is 16.7 Å². The lowest BCUT2D eigenvalue weighted by molar-refractivity contribution is 0.397. The number of rotatable bonds is 3. The Morgan fingerprint density at radius 3 is 2.42 bits per heavy atom. The molecule has 0 unspecified atom stereocenters. The Labute approximate surface area is 114 Å². The van der Waals surface area contributed by atoms with E-state index in [-0.39, 0.29) is 0 Å². The number of aromatic nitrogens is 1. The summed E-state index contributed by atoms with van der Waals surface area (Å²) < 4.78 is 0. The third kappa shape index (κ3) is 3.02. The van der Waals surface area contributed by atoms with Crippen LogP contribution >= 0.6 is 0 Å². The van der Waals surface area contributed by atoms with Crippen LogP contribution in [-0.2, 0) is 0 Å². The summed E-state index contributed by atoms with van der Waals surface area (Å²) in [4.78, 5) is 4.33. The zero-order valence-electron chi connectivity index (χ0n) is 11.6. The largest absolute Gasteiger partial charge is 0.512 e. The predicted octanol–water partition coefficient (Wildman–Crippen LogP) is 4.76. The topological polar surface area (TPSA) is 33.1 Å². The lowest BCUT2D eigenvalue weighted by atomic mass is 10.0. The molecule has 0 saturated heterocycles. The van der Waals surface area contributed by atoms with E-state index in [1.807, 2.05) is 26.0 Å². The number of aliphatic hydroxyl groups is 1. The summed E-state index contributed by atoms with van der Waals surface area (Å²) in [6, 6.07) is 12.4. The molecular weight excluding hydrogens is 234 g/mol. The van der Waals surface area contributed by atoms with Gasteiger partial charge in [0.15, 0.2) is 0 Å². The van der Waals surface area contributed by atoms with Crippen molar-refractivity contribution in [3.8, 4) is 11.1 Å². The molecule has 0 saturated carbocycles. The minimum absolute atomic E-state index is 0.397.